The van der Waals surface area contributed by atoms with Gasteiger partial charge in [-0.3, -0.25) is 0 Å². The molecule has 4 heteroatoms. The smallest absolute Gasteiger partial charge is 0.355 e. The molecule has 1 heterocycles. The van der Waals surface area contributed by atoms with E-state index in [4.69, 9.17) is 10.5 Å². The zero-order chi connectivity index (χ0) is 9.84. The topological polar surface area (TPSA) is 64.3 Å². The fourth-order valence-corrected chi connectivity index (χ4v) is 0.943. The van der Waals surface area contributed by atoms with Crippen LogP contribution in [0.25, 0.3) is 0 Å². The first kappa shape index (κ1) is 9.42. The molecule has 3 N–H and O–H groups in total. The number of ether oxygens (including phenoxy) is 1. The third kappa shape index (κ3) is 2.13. The highest BCUT2D eigenvalue weighted by atomic mass is 16.5. The lowest BCUT2D eigenvalue weighted by Crippen LogP contribution is -2.28. The highest BCUT2D eigenvalue weighted by molar-refractivity contribution is 5.89. The number of rotatable bonds is 2. The van der Waals surface area contributed by atoms with Crippen LogP contribution in [0.5, 0.6) is 0 Å². The van der Waals surface area contributed by atoms with Crippen molar-refractivity contribution in [3.05, 3.63) is 28.9 Å². The Hall–Kier alpha value is -1.67. The number of nitrogens with two attached hydrogens (primary N) is 1. The van der Waals surface area contributed by atoms with Gasteiger partial charge in [-0.15, -0.1) is 0 Å². The van der Waals surface area contributed by atoms with Crippen LogP contribution in [0, 0.1) is 0 Å². The molecule has 1 aliphatic heterocycles. The molecule has 0 saturated carbocycles. The van der Waals surface area contributed by atoms with Crippen molar-refractivity contribution >= 4 is 5.97 Å². The average Bonchev–Trinajstić information content (AvgIpc) is 2.09. The number of hydrogen-bond acceptors (Lipinski definition) is 4. The van der Waals surface area contributed by atoms with Gasteiger partial charge >= 0.3 is 5.97 Å². The lowest BCUT2D eigenvalue weighted by Gasteiger charge is -2.13. The molecule has 1 aliphatic rings. The van der Waals surface area contributed by atoms with E-state index >= 15 is 0 Å². The van der Waals surface area contributed by atoms with Gasteiger partial charge in [-0.2, -0.15) is 0 Å². The van der Waals surface area contributed by atoms with Gasteiger partial charge in [0, 0.05) is 0 Å². The second-order valence-electron chi connectivity index (χ2n) is 2.61. The lowest BCUT2D eigenvalue weighted by molar-refractivity contribution is -0.138. The summed E-state index contributed by atoms with van der Waals surface area (Å²) in [5.74, 6) is -0.0608. The van der Waals surface area contributed by atoms with Crippen LogP contribution < -0.4 is 11.1 Å². The van der Waals surface area contributed by atoms with Crippen molar-refractivity contribution in [3.63, 3.8) is 0 Å². The van der Waals surface area contributed by atoms with Gasteiger partial charge in [-0.1, -0.05) is 5.73 Å². The van der Waals surface area contributed by atoms with Crippen LogP contribution in [0.15, 0.2) is 28.9 Å². The Morgan fingerprint density at radius 3 is 3.08 bits per heavy atom. The molecule has 0 aromatic heterocycles. The van der Waals surface area contributed by atoms with Gasteiger partial charge in [-0.05, 0) is 25.5 Å². The van der Waals surface area contributed by atoms with E-state index < -0.39 is 0 Å². The number of nitrogens with one attached hydrogen (secondary N) is 1. The predicted octanol–water partition coefficient (Wildman–Crippen LogP) is 0.382. The normalized spacial score (nSPS) is 15.1. The van der Waals surface area contributed by atoms with Crippen molar-refractivity contribution in [2.24, 2.45) is 5.73 Å². The predicted molar refractivity (Wildman–Crippen MR) is 48.3 cm³/mol. The highest BCUT2D eigenvalue weighted by Crippen LogP contribution is 2.08. The summed E-state index contributed by atoms with van der Waals surface area (Å²) in [6.07, 6.45) is 1.65. The van der Waals surface area contributed by atoms with Crippen molar-refractivity contribution < 1.29 is 9.53 Å². The maximum atomic E-state index is 11.3. The van der Waals surface area contributed by atoms with Crippen molar-refractivity contribution in [2.45, 2.75) is 13.8 Å². The second-order valence-corrected chi connectivity index (χ2v) is 2.61. The summed E-state index contributed by atoms with van der Waals surface area (Å²) in [5.41, 5.74) is 9.35. The van der Waals surface area contributed by atoms with Gasteiger partial charge in [-0.25, -0.2) is 4.79 Å². The van der Waals surface area contributed by atoms with Crippen molar-refractivity contribution in [1.29, 1.82) is 0 Å². The number of esters is 1. The van der Waals surface area contributed by atoms with Crippen molar-refractivity contribution in [3.8, 4) is 0 Å². The molecule has 0 unspecified atom stereocenters. The fraction of sp³-hybridized carbons (Fsp3) is 0.333. The molecule has 0 bridgehead atoms. The molecule has 0 aliphatic carbocycles. The van der Waals surface area contributed by atoms with E-state index in [0.29, 0.717) is 18.1 Å². The van der Waals surface area contributed by atoms with E-state index in [1.165, 1.54) is 0 Å². The zero-order valence-corrected chi connectivity index (χ0v) is 7.68. The fourth-order valence-electron chi connectivity index (χ4n) is 0.943. The van der Waals surface area contributed by atoms with E-state index in [-0.39, 0.29) is 5.97 Å². The first-order chi connectivity index (χ1) is 6.15. The number of carbonyl (C=O) groups is 1. The van der Waals surface area contributed by atoms with E-state index in [9.17, 15) is 4.79 Å². The first-order valence-corrected chi connectivity index (χ1v) is 4.02. The zero-order valence-electron chi connectivity index (χ0n) is 7.68. The number of hydrogen-bond donors (Lipinski definition) is 2. The molecule has 70 valence electrons. The minimum Gasteiger partial charge on any atom is -0.461 e. The van der Waals surface area contributed by atoms with E-state index in [0.717, 1.165) is 5.57 Å². The van der Waals surface area contributed by atoms with Crippen LogP contribution in [0.2, 0.25) is 0 Å². The molecular weight excluding hydrogens is 168 g/mol. The van der Waals surface area contributed by atoms with Crippen LogP contribution in [-0.4, -0.2) is 12.6 Å². The van der Waals surface area contributed by atoms with E-state index in [2.05, 4.69) is 11.0 Å². The molecule has 0 radical (unpaired) electrons. The summed E-state index contributed by atoms with van der Waals surface area (Å²) in [5, 5.41) is 2.71. The van der Waals surface area contributed by atoms with Crippen molar-refractivity contribution in [1.82, 2.24) is 5.32 Å². The Bertz CT molecular complexity index is 323. The van der Waals surface area contributed by atoms with E-state index in [1.807, 2.05) is 0 Å². The van der Waals surface area contributed by atoms with Crippen LogP contribution in [-0.2, 0) is 9.53 Å². The quantitative estimate of drug-likeness (QED) is 0.476. The van der Waals surface area contributed by atoms with E-state index in [1.54, 1.807) is 19.9 Å². The van der Waals surface area contributed by atoms with Gasteiger partial charge in [0.1, 0.15) is 11.5 Å². The van der Waals surface area contributed by atoms with Crippen LogP contribution >= 0.6 is 0 Å². The third-order valence-electron chi connectivity index (χ3n) is 1.58. The Balaban J connectivity index is 2.83. The van der Waals surface area contributed by atoms with Gasteiger partial charge < -0.3 is 15.8 Å². The number of allylic oxidation sites excluding steroid dienone is 2. The summed E-state index contributed by atoms with van der Waals surface area (Å²) in [6.45, 7) is 3.90. The third-order valence-corrected chi connectivity index (χ3v) is 1.58. The van der Waals surface area contributed by atoms with Crippen molar-refractivity contribution in [2.75, 3.05) is 6.61 Å². The second kappa shape index (κ2) is 3.83. The minimum atomic E-state index is -0.388. The lowest BCUT2D eigenvalue weighted by atomic mass is 10.2. The van der Waals surface area contributed by atoms with Gasteiger partial charge in [0.2, 0.25) is 0 Å². The Kier molecular flexibility index (Phi) is 2.77. The molecule has 0 aromatic rings. The summed E-state index contributed by atoms with van der Waals surface area (Å²) in [4.78, 5) is 11.3. The summed E-state index contributed by atoms with van der Waals surface area (Å²) in [6, 6.07) is 0. The first-order valence-electron chi connectivity index (χ1n) is 4.02. The van der Waals surface area contributed by atoms with Gasteiger partial charge in [0.25, 0.3) is 0 Å². The Labute approximate surface area is 76.7 Å². The van der Waals surface area contributed by atoms with Crippen LogP contribution in [0.3, 0.4) is 0 Å². The standard InChI is InChI=1S/C9H12N2O2/c1-3-13-9(12)8-6(2)4-5-7(10)11-8/h4,11H,3,10H2,1-2H3. The minimum absolute atomic E-state index is 0.327. The summed E-state index contributed by atoms with van der Waals surface area (Å²) >= 11 is 0. The molecule has 0 fully saturated rings. The molecule has 0 saturated heterocycles. The molecule has 0 aromatic carbocycles. The highest BCUT2D eigenvalue weighted by Gasteiger charge is 2.15. The SMILES string of the molecule is CCOC(=O)C1=C(C)C=C=C(N)N1. The molecule has 0 atom stereocenters. The molecular formula is C9H12N2O2. The maximum Gasteiger partial charge on any atom is 0.355 e. The number of carbonyl (C=O) groups excluding carboxylic acids is 1. The molecule has 1 rings (SSSR count). The van der Waals surface area contributed by atoms with Crippen LogP contribution in [0.4, 0.5) is 0 Å². The molecule has 0 amide bonds. The molecule has 0 spiro atoms. The Morgan fingerprint density at radius 1 is 1.77 bits per heavy atom. The molecule has 13 heavy (non-hydrogen) atoms. The average molecular weight is 180 g/mol. The Morgan fingerprint density at radius 2 is 2.46 bits per heavy atom. The van der Waals surface area contributed by atoms with Crippen LogP contribution in [0.1, 0.15) is 13.8 Å². The van der Waals surface area contributed by atoms with Gasteiger partial charge in [0.15, 0.2) is 0 Å². The van der Waals surface area contributed by atoms with Gasteiger partial charge in [0.05, 0.1) is 6.61 Å². The molecule has 4 nitrogen and oxygen atoms in total. The largest absolute Gasteiger partial charge is 0.461 e. The monoisotopic (exact) mass is 180 g/mol. The summed E-state index contributed by atoms with van der Waals surface area (Å²) < 4.78 is 4.82. The summed E-state index contributed by atoms with van der Waals surface area (Å²) in [7, 11) is 0. The maximum absolute atomic E-state index is 11.3.